The zero-order valence-electron chi connectivity index (χ0n) is 11.0. The summed E-state index contributed by atoms with van der Waals surface area (Å²) in [6, 6.07) is 5.37. The van der Waals surface area contributed by atoms with Crippen molar-refractivity contribution < 1.29 is 19.1 Å². The molecule has 0 fully saturated rings. The van der Waals surface area contributed by atoms with Gasteiger partial charge in [0.2, 0.25) is 0 Å². The Kier molecular flexibility index (Phi) is 3.99. The molecule has 1 aromatic heterocycles. The Morgan fingerprint density at radius 2 is 1.95 bits per heavy atom. The van der Waals surface area contributed by atoms with Crippen LogP contribution in [0.3, 0.4) is 0 Å². The molecule has 0 spiro atoms. The average Bonchev–Trinajstić information content (AvgIpc) is 2.94. The van der Waals surface area contributed by atoms with Gasteiger partial charge in [-0.15, -0.1) is 0 Å². The minimum Gasteiger partial charge on any atom is -0.465 e. The standard InChI is InChI=1S/C13H13N3O4/c1-19-12(17)9(13(18)20-2)6-14-8-3-4-10-11(5-8)16-7-15-10/h3-7,14H,1-2H3,(H,15,16). The molecule has 2 N–H and O–H groups in total. The van der Waals surface area contributed by atoms with Crippen LogP contribution in [0.1, 0.15) is 0 Å². The van der Waals surface area contributed by atoms with Crippen molar-refractivity contribution in [3.05, 3.63) is 36.3 Å². The predicted octanol–water partition coefficient (Wildman–Crippen LogP) is 1.20. The number of nitrogens with one attached hydrogen (secondary N) is 2. The number of H-pyrrole nitrogens is 1. The van der Waals surface area contributed by atoms with E-state index in [9.17, 15) is 9.59 Å². The molecule has 0 aliphatic carbocycles. The van der Waals surface area contributed by atoms with Gasteiger partial charge >= 0.3 is 11.9 Å². The monoisotopic (exact) mass is 275 g/mol. The van der Waals surface area contributed by atoms with Crippen LogP contribution in [-0.2, 0) is 19.1 Å². The van der Waals surface area contributed by atoms with Crippen molar-refractivity contribution in [2.24, 2.45) is 0 Å². The molecule has 7 nitrogen and oxygen atoms in total. The Balaban J connectivity index is 2.23. The molecule has 2 rings (SSSR count). The first kappa shape index (κ1) is 13.6. The SMILES string of the molecule is COC(=O)C(=CNc1ccc2nc[nH]c2c1)C(=O)OC. The molecule has 0 saturated heterocycles. The summed E-state index contributed by atoms with van der Waals surface area (Å²) < 4.78 is 9.03. The van der Waals surface area contributed by atoms with E-state index in [1.54, 1.807) is 24.5 Å². The van der Waals surface area contributed by atoms with Crippen LogP contribution >= 0.6 is 0 Å². The predicted molar refractivity (Wildman–Crippen MR) is 71.8 cm³/mol. The molecule has 1 heterocycles. The Bertz CT molecular complexity index is 657. The summed E-state index contributed by atoms with van der Waals surface area (Å²) in [5.74, 6) is -1.54. The number of hydrogen-bond donors (Lipinski definition) is 2. The maximum Gasteiger partial charge on any atom is 0.346 e. The van der Waals surface area contributed by atoms with Gasteiger partial charge in [-0.3, -0.25) is 0 Å². The number of anilines is 1. The van der Waals surface area contributed by atoms with Gasteiger partial charge in [-0.1, -0.05) is 0 Å². The van der Waals surface area contributed by atoms with Crippen molar-refractivity contribution in [3.63, 3.8) is 0 Å². The average molecular weight is 275 g/mol. The van der Waals surface area contributed by atoms with Gasteiger partial charge in [0.05, 0.1) is 31.6 Å². The molecule has 1 aromatic carbocycles. The molecule has 0 aliphatic heterocycles. The van der Waals surface area contributed by atoms with E-state index >= 15 is 0 Å². The van der Waals surface area contributed by atoms with Crippen molar-refractivity contribution in [1.82, 2.24) is 9.97 Å². The van der Waals surface area contributed by atoms with E-state index in [4.69, 9.17) is 0 Å². The molecule has 0 amide bonds. The van der Waals surface area contributed by atoms with Gasteiger partial charge in [0, 0.05) is 11.9 Å². The molecule has 0 radical (unpaired) electrons. The topological polar surface area (TPSA) is 93.3 Å². The zero-order valence-corrected chi connectivity index (χ0v) is 11.0. The minimum atomic E-state index is -0.771. The number of esters is 2. The van der Waals surface area contributed by atoms with Crippen molar-refractivity contribution in [2.75, 3.05) is 19.5 Å². The van der Waals surface area contributed by atoms with Crippen molar-refractivity contribution in [1.29, 1.82) is 0 Å². The molecule has 104 valence electrons. The summed E-state index contributed by atoms with van der Waals surface area (Å²) in [5.41, 5.74) is 2.12. The van der Waals surface area contributed by atoms with Gasteiger partial charge < -0.3 is 19.8 Å². The van der Waals surface area contributed by atoms with Crippen LogP contribution in [-0.4, -0.2) is 36.1 Å². The first-order valence-electron chi connectivity index (χ1n) is 5.72. The first-order chi connectivity index (χ1) is 9.65. The van der Waals surface area contributed by atoms with Gasteiger partial charge in [-0.05, 0) is 18.2 Å². The van der Waals surface area contributed by atoms with E-state index in [1.165, 1.54) is 20.4 Å². The molecule has 0 bridgehead atoms. The number of nitrogens with zero attached hydrogens (tertiary/aromatic N) is 1. The number of aromatic nitrogens is 2. The summed E-state index contributed by atoms with van der Waals surface area (Å²) in [4.78, 5) is 30.0. The molecular formula is C13H13N3O4. The summed E-state index contributed by atoms with van der Waals surface area (Å²) in [7, 11) is 2.38. The molecule has 2 aromatic rings. The number of aromatic amines is 1. The van der Waals surface area contributed by atoms with Crippen LogP contribution in [0.2, 0.25) is 0 Å². The highest BCUT2D eigenvalue weighted by molar-refractivity contribution is 6.14. The van der Waals surface area contributed by atoms with Gasteiger partial charge in [0.25, 0.3) is 0 Å². The van der Waals surface area contributed by atoms with E-state index < -0.39 is 11.9 Å². The molecule has 0 unspecified atom stereocenters. The lowest BCUT2D eigenvalue weighted by atomic mass is 10.2. The minimum absolute atomic E-state index is 0.222. The summed E-state index contributed by atoms with van der Waals surface area (Å²) in [5, 5.41) is 2.85. The second-order valence-corrected chi connectivity index (χ2v) is 3.82. The van der Waals surface area contributed by atoms with E-state index in [2.05, 4.69) is 24.8 Å². The van der Waals surface area contributed by atoms with Crippen LogP contribution in [0, 0.1) is 0 Å². The summed E-state index contributed by atoms with van der Waals surface area (Å²) >= 11 is 0. The van der Waals surface area contributed by atoms with Gasteiger partial charge in [0.15, 0.2) is 5.57 Å². The Morgan fingerprint density at radius 1 is 1.25 bits per heavy atom. The van der Waals surface area contributed by atoms with Crippen LogP contribution in [0.25, 0.3) is 11.0 Å². The van der Waals surface area contributed by atoms with E-state index in [0.717, 1.165) is 11.0 Å². The quantitative estimate of drug-likeness (QED) is 0.377. The molecule has 7 heteroatoms. The number of carbonyl (C=O) groups is 2. The van der Waals surface area contributed by atoms with Crippen LogP contribution in [0.5, 0.6) is 0 Å². The normalized spacial score (nSPS) is 9.90. The fraction of sp³-hybridized carbons (Fsp3) is 0.154. The van der Waals surface area contributed by atoms with Crippen molar-refractivity contribution in [3.8, 4) is 0 Å². The van der Waals surface area contributed by atoms with E-state index in [1.807, 2.05) is 0 Å². The van der Waals surface area contributed by atoms with Crippen molar-refractivity contribution >= 4 is 28.7 Å². The number of methoxy groups -OCH3 is 2. The molecular weight excluding hydrogens is 262 g/mol. The third kappa shape index (κ3) is 2.77. The van der Waals surface area contributed by atoms with Gasteiger partial charge in [-0.2, -0.15) is 0 Å². The molecule has 0 saturated carbocycles. The second kappa shape index (κ2) is 5.87. The highest BCUT2D eigenvalue weighted by Crippen LogP contribution is 2.16. The maximum absolute atomic E-state index is 11.5. The number of carbonyl (C=O) groups excluding carboxylic acids is 2. The Hall–Kier alpha value is -2.83. The summed E-state index contributed by atoms with van der Waals surface area (Å²) in [6.45, 7) is 0. The Morgan fingerprint density at radius 3 is 2.60 bits per heavy atom. The number of benzene rings is 1. The fourth-order valence-corrected chi connectivity index (χ4v) is 1.60. The second-order valence-electron chi connectivity index (χ2n) is 3.82. The molecule has 0 atom stereocenters. The van der Waals surface area contributed by atoms with Crippen LogP contribution < -0.4 is 5.32 Å². The molecule has 20 heavy (non-hydrogen) atoms. The first-order valence-corrected chi connectivity index (χ1v) is 5.72. The summed E-state index contributed by atoms with van der Waals surface area (Å²) in [6.07, 6.45) is 2.83. The highest BCUT2D eigenvalue weighted by atomic mass is 16.5. The van der Waals surface area contributed by atoms with Crippen molar-refractivity contribution in [2.45, 2.75) is 0 Å². The van der Waals surface area contributed by atoms with Crippen LogP contribution in [0.15, 0.2) is 36.3 Å². The lowest BCUT2D eigenvalue weighted by molar-refractivity contribution is -0.144. The van der Waals surface area contributed by atoms with E-state index in [-0.39, 0.29) is 5.57 Å². The lowest BCUT2D eigenvalue weighted by Gasteiger charge is -2.05. The maximum atomic E-state index is 11.5. The number of hydrogen-bond acceptors (Lipinski definition) is 6. The number of fused-ring (bicyclic) bond motifs is 1. The highest BCUT2D eigenvalue weighted by Gasteiger charge is 2.19. The Labute approximate surface area is 114 Å². The number of ether oxygens (including phenoxy) is 2. The van der Waals surface area contributed by atoms with Crippen LogP contribution in [0.4, 0.5) is 5.69 Å². The van der Waals surface area contributed by atoms with E-state index in [0.29, 0.717) is 5.69 Å². The largest absolute Gasteiger partial charge is 0.465 e. The molecule has 0 aliphatic rings. The zero-order chi connectivity index (χ0) is 14.5. The number of rotatable bonds is 4. The fourth-order valence-electron chi connectivity index (χ4n) is 1.60. The third-order valence-electron chi connectivity index (χ3n) is 2.61. The third-order valence-corrected chi connectivity index (χ3v) is 2.61. The smallest absolute Gasteiger partial charge is 0.346 e. The van der Waals surface area contributed by atoms with Gasteiger partial charge in [-0.25, -0.2) is 14.6 Å². The number of imidazole rings is 1. The van der Waals surface area contributed by atoms with Gasteiger partial charge in [0.1, 0.15) is 0 Å². The lowest BCUT2D eigenvalue weighted by Crippen LogP contribution is -2.17.